The SMILES string of the molecule is COC(=O)Cc1[nH][nH]c(=O)c1C=C1C(=O)c2ccccc2C1=O. The van der Waals surface area contributed by atoms with E-state index in [9.17, 15) is 19.2 Å². The lowest BCUT2D eigenvalue weighted by Gasteiger charge is -1.98. The van der Waals surface area contributed by atoms with Crippen LogP contribution < -0.4 is 5.56 Å². The summed E-state index contributed by atoms with van der Waals surface area (Å²) in [4.78, 5) is 47.9. The number of nitrogens with one attached hydrogen (secondary N) is 2. The minimum absolute atomic E-state index is 0.0694. The average Bonchev–Trinajstić information content (AvgIpc) is 3.02. The topological polar surface area (TPSA) is 109 Å². The summed E-state index contributed by atoms with van der Waals surface area (Å²) in [5.74, 6) is -1.42. The van der Waals surface area contributed by atoms with Crippen LogP contribution in [0.25, 0.3) is 6.08 Å². The second kappa shape index (κ2) is 5.53. The Morgan fingerprint density at radius 3 is 2.26 bits per heavy atom. The van der Waals surface area contributed by atoms with Crippen molar-refractivity contribution in [1.82, 2.24) is 10.2 Å². The van der Waals surface area contributed by atoms with Crippen molar-refractivity contribution in [2.45, 2.75) is 6.42 Å². The number of hydrogen-bond donors (Lipinski definition) is 2. The molecule has 23 heavy (non-hydrogen) atoms. The summed E-state index contributed by atoms with van der Waals surface area (Å²) in [6.07, 6.45) is 1.04. The molecule has 3 rings (SSSR count). The number of benzene rings is 1. The van der Waals surface area contributed by atoms with Crippen molar-refractivity contribution < 1.29 is 19.1 Å². The molecule has 0 atom stereocenters. The molecule has 116 valence electrons. The Hall–Kier alpha value is -3.22. The monoisotopic (exact) mass is 312 g/mol. The number of aromatic nitrogens is 2. The number of Topliss-reactive ketones (excluding diaryl/α,β-unsaturated/α-hetero) is 2. The van der Waals surface area contributed by atoms with E-state index in [4.69, 9.17) is 0 Å². The van der Waals surface area contributed by atoms with Gasteiger partial charge in [0.25, 0.3) is 5.56 Å². The number of rotatable bonds is 3. The molecule has 0 bridgehead atoms. The summed E-state index contributed by atoms with van der Waals surface area (Å²) in [5.41, 5.74) is 0.330. The van der Waals surface area contributed by atoms with Gasteiger partial charge in [-0.15, -0.1) is 0 Å². The first kappa shape index (κ1) is 14.7. The van der Waals surface area contributed by atoms with Gasteiger partial charge in [-0.05, 0) is 6.08 Å². The van der Waals surface area contributed by atoms with Crippen LogP contribution in [0.15, 0.2) is 34.6 Å². The molecule has 0 amide bonds. The zero-order chi connectivity index (χ0) is 16.6. The third-order valence-corrected chi connectivity index (χ3v) is 3.64. The van der Waals surface area contributed by atoms with Gasteiger partial charge >= 0.3 is 5.97 Å². The molecule has 0 saturated heterocycles. The van der Waals surface area contributed by atoms with E-state index in [1.807, 2.05) is 0 Å². The highest BCUT2D eigenvalue weighted by atomic mass is 16.5. The van der Waals surface area contributed by atoms with Gasteiger partial charge in [0.2, 0.25) is 0 Å². The molecule has 2 N–H and O–H groups in total. The molecule has 1 heterocycles. The quantitative estimate of drug-likeness (QED) is 0.497. The number of carbonyl (C=O) groups excluding carboxylic acids is 3. The number of methoxy groups -OCH3 is 1. The Morgan fingerprint density at radius 1 is 1.09 bits per heavy atom. The number of ether oxygens (including phenoxy) is 1. The van der Waals surface area contributed by atoms with E-state index in [0.29, 0.717) is 11.1 Å². The number of H-pyrrole nitrogens is 2. The summed E-state index contributed by atoms with van der Waals surface area (Å²) in [7, 11) is 1.23. The highest BCUT2D eigenvalue weighted by Crippen LogP contribution is 2.27. The van der Waals surface area contributed by atoms with Crippen LogP contribution in [-0.2, 0) is 16.0 Å². The van der Waals surface area contributed by atoms with E-state index in [2.05, 4.69) is 14.9 Å². The predicted octanol–water partition coefficient (Wildman–Crippen LogP) is 0.881. The molecule has 2 aromatic rings. The molecule has 0 fully saturated rings. The Morgan fingerprint density at radius 2 is 1.70 bits per heavy atom. The fourth-order valence-electron chi connectivity index (χ4n) is 2.46. The molecule has 1 aliphatic carbocycles. The third-order valence-electron chi connectivity index (χ3n) is 3.64. The average molecular weight is 312 g/mol. The standard InChI is InChI=1S/C16H12N2O5/c1-23-13(19)7-12-10(16(22)18-17-12)6-11-14(20)8-4-2-3-5-9(8)15(11)21/h2-6H,7H2,1H3,(H2,17,18,22). The fraction of sp³-hybridized carbons (Fsp3) is 0.125. The van der Waals surface area contributed by atoms with Gasteiger partial charge in [-0.3, -0.25) is 24.3 Å². The van der Waals surface area contributed by atoms with Gasteiger partial charge in [-0.25, -0.2) is 0 Å². The van der Waals surface area contributed by atoms with Gasteiger partial charge in [0, 0.05) is 11.1 Å². The molecule has 7 nitrogen and oxygen atoms in total. The number of aromatic amines is 2. The van der Waals surface area contributed by atoms with Gasteiger partial charge in [0.05, 0.1) is 30.4 Å². The molecule has 0 aliphatic heterocycles. The molecule has 1 aromatic heterocycles. The zero-order valence-electron chi connectivity index (χ0n) is 12.1. The smallest absolute Gasteiger partial charge is 0.311 e. The third kappa shape index (κ3) is 2.42. The Labute approximate surface area is 130 Å². The highest BCUT2D eigenvalue weighted by molar-refractivity contribution is 6.41. The lowest BCUT2D eigenvalue weighted by Crippen LogP contribution is -2.09. The van der Waals surface area contributed by atoms with Crippen molar-refractivity contribution in [3.8, 4) is 0 Å². The van der Waals surface area contributed by atoms with Gasteiger partial charge in [0.1, 0.15) is 0 Å². The summed E-state index contributed by atoms with van der Waals surface area (Å²) in [5, 5.41) is 4.89. The minimum atomic E-state index is -0.549. The van der Waals surface area contributed by atoms with E-state index in [1.165, 1.54) is 13.2 Å². The van der Waals surface area contributed by atoms with Crippen LogP contribution in [0.5, 0.6) is 0 Å². The molecule has 0 saturated carbocycles. The van der Waals surface area contributed by atoms with Crippen LogP contribution >= 0.6 is 0 Å². The molecule has 0 spiro atoms. The van der Waals surface area contributed by atoms with Gasteiger partial charge in [-0.1, -0.05) is 24.3 Å². The summed E-state index contributed by atoms with van der Waals surface area (Å²) in [6.45, 7) is 0. The molecule has 1 aliphatic rings. The maximum atomic E-state index is 12.3. The summed E-state index contributed by atoms with van der Waals surface area (Å²) >= 11 is 0. The minimum Gasteiger partial charge on any atom is -0.469 e. The Bertz CT molecular complexity index is 880. The molecular formula is C16H12N2O5. The van der Waals surface area contributed by atoms with Crippen molar-refractivity contribution in [3.05, 3.63) is 62.6 Å². The Kier molecular flexibility index (Phi) is 3.53. The van der Waals surface area contributed by atoms with Gasteiger partial charge < -0.3 is 9.84 Å². The second-order valence-electron chi connectivity index (χ2n) is 4.99. The number of allylic oxidation sites excluding steroid dienone is 1. The van der Waals surface area contributed by atoms with Crippen molar-refractivity contribution in [1.29, 1.82) is 0 Å². The van der Waals surface area contributed by atoms with E-state index in [-0.39, 0.29) is 23.3 Å². The predicted molar refractivity (Wildman–Crippen MR) is 80.2 cm³/mol. The molecule has 0 unspecified atom stereocenters. The van der Waals surface area contributed by atoms with Crippen LogP contribution in [0.4, 0.5) is 0 Å². The van der Waals surface area contributed by atoms with Gasteiger partial charge in [0.15, 0.2) is 11.6 Å². The van der Waals surface area contributed by atoms with E-state index < -0.39 is 23.1 Å². The van der Waals surface area contributed by atoms with Crippen LogP contribution in [0.2, 0.25) is 0 Å². The molecule has 0 radical (unpaired) electrons. The van der Waals surface area contributed by atoms with Gasteiger partial charge in [-0.2, -0.15) is 0 Å². The normalized spacial score (nSPS) is 13.2. The van der Waals surface area contributed by atoms with E-state index >= 15 is 0 Å². The largest absolute Gasteiger partial charge is 0.469 e. The first-order valence-electron chi connectivity index (χ1n) is 6.79. The highest BCUT2D eigenvalue weighted by Gasteiger charge is 2.33. The molecule has 1 aromatic carbocycles. The van der Waals surface area contributed by atoms with Crippen molar-refractivity contribution in [2.75, 3.05) is 7.11 Å². The summed E-state index contributed by atoms with van der Waals surface area (Å²) < 4.78 is 4.55. The van der Waals surface area contributed by atoms with Crippen molar-refractivity contribution >= 4 is 23.6 Å². The first-order chi connectivity index (χ1) is 11.0. The fourth-order valence-corrected chi connectivity index (χ4v) is 2.46. The number of fused-ring (bicyclic) bond motifs is 1. The lowest BCUT2D eigenvalue weighted by molar-refractivity contribution is -0.139. The maximum Gasteiger partial charge on any atom is 0.311 e. The van der Waals surface area contributed by atoms with E-state index in [0.717, 1.165) is 0 Å². The van der Waals surface area contributed by atoms with Crippen molar-refractivity contribution in [2.24, 2.45) is 0 Å². The number of esters is 1. The van der Waals surface area contributed by atoms with Crippen LogP contribution in [0.1, 0.15) is 32.0 Å². The molecule has 7 heteroatoms. The lowest BCUT2D eigenvalue weighted by atomic mass is 10.1. The number of ketones is 2. The van der Waals surface area contributed by atoms with E-state index in [1.54, 1.807) is 24.3 Å². The summed E-state index contributed by atoms with van der Waals surface area (Å²) in [6, 6.07) is 6.46. The van der Waals surface area contributed by atoms with Crippen LogP contribution in [0.3, 0.4) is 0 Å². The molecular weight excluding hydrogens is 300 g/mol. The number of carbonyl (C=O) groups is 3. The second-order valence-corrected chi connectivity index (χ2v) is 4.99. The maximum absolute atomic E-state index is 12.3. The van der Waals surface area contributed by atoms with Crippen LogP contribution in [0, 0.1) is 0 Å². The first-order valence-corrected chi connectivity index (χ1v) is 6.79. The Balaban J connectivity index is 2.06. The van der Waals surface area contributed by atoms with Crippen LogP contribution in [-0.4, -0.2) is 34.8 Å². The number of hydrogen-bond acceptors (Lipinski definition) is 5. The van der Waals surface area contributed by atoms with Crippen molar-refractivity contribution in [3.63, 3.8) is 0 Å². The zero-order valence-corrected chi connectivity index (χ0v) is 12.1.